The highest BCUT2D eigenvalue weighted by Crippen LogP contribution is 2.51. The summed E-state index contributed by atoms with van der Waals surface area (Å²) >= 11 is 0. The van der Waals surface area contributed by atoms with Crippen molar-refractivity contribution < 1.29 is 14.6 Å². The summed E-state index contributed by atoms with van der Waals surface area (Å²) in [6, 6.07) is 5.70. The fourth-order valence-electron chi connectivity index (χ4n) is 1.83. The first-order chi connectivity index (χ1) is 6.80. The number of hydrogen-bond donors (Lipinski definition) is 1. The van der Waals surface area contributed by atoms with Crippen LogP contribution in [0, 0.1) is 0 Å². The molecule has 0 amide bonds. The molecule has 0 atom stereocenters. The van der Waals surface area contributed by atoms with E-state index in [0.29, 0.717) is 13.2 Å². The SMILES string of the molecule is OC1(c2cccc3c2OCCO3)CC1. The second-order valence-electron chi connectivity index (χ2n) is 3.86. The maximum Gasteiger partial charge on any atom is 0.167 e. The van der Waals surface area contributed by atoms with Gasteiger partial charge in [0, 0.05) is 5.56 Å². The highest BCUT2D eigenvalue weighted by molar-refractivity contribution is 5.51. The van der Waals surface area contributed by atoms with Crippen LogP contribution in [0.1, 0.15) is 18.4 Å². The van der Waals surface area contributed by atoms with Gasteiger partial charge in [0.25, 0.3) is 0 Å². The van der Waals surface area contributed by atoms with Gasteiger partial charge < -0.3 is 14.6 Å². The molecule has 3 nitrogen and oxygen atoms in total. The molecule has 3 heteroatoms. The zero-order chi connectivity index (χ0) is 9.60. The van der Waals surface area contributed by atoms with Gasteiger partial charge >= 0.3 is 0 Å². The van der Waals surface area contributed by atoms with E-state index in [1.54, 1.807) is 0 Å². The molecule has 1 aromatic rings. The van der Waals surface area contributed by atoms with Crippen molar-refractivity contribution in [1.82, 2.24) is 0 Å². The molecule has 0 saturated heterocycles. The Morgan fingerprint density at radius 3 is 2.71 bits per heavy atom. The molecule has 0 bridgehead atoms. The molecule has 1 fully saturated rings. The minimum Gasteiger partial charge on any atom is -0.486 e. The van der Waals surface area contributed by atoms with Crippen molar-refractivity contribution in [2.24, 2.45) is 0 Å². The van der Waals surface area contributed by atoms with Crippen LogP contribution in [0.3, 0.4) is 0 Å². The van der Waals surface area contributed by atoms with Crippen LogP contribution in [0.5, 0.6) is 11.5 Å². The van der Waals surface area contributed by atoms with Crippen LogP contribution in [0.4, 0.5) is 0 Å². The lowest BCUT2D eigenvalue weighted by Crippen LogP contribution is -2.18. The minimum atomic E-state index is -0.647. The van der Waals surface area contributed by atoms with E-state index in [4.69, 9.17) is 9.47 Å². The number of hydrogen-bond acceptors (Lipinski definition) is 3. The summed E-state index contributed by atoms with van der Waals surface area (Å²) < 4.78 is 11.0. The molecular weight excluding hydrogens is 180 g/mol. The second-order valence-corrected chi connectivity index (χ2v) is 3.86. The molecule has 0 unspecified atom stereocenters. The lowest BCUT2D eigenvalue weighted by molar-refractivity contribution is 0.130. The van der Waals surface area contributed by atoms with E-state index in [9.17, 15) is 5.11 Å². The number of aliphatic hydroxyl groups is 1. The van der Waals surface area contributed by atoms with Gasteiger partial charge in [-0.25, -0.2) is 0 Å². The van der Waals surface area contributed by atoms with Crippen LogP contribution < -0.4 is 9.47 Å². The van der Waals surface area contributed by atoms with Crippen molar-refractivity contribution in [2.75, 3.05) is 13.2 Å². The average Bonchev–Trinajstić information content (AvgIpc) is 2.97. The molecule has 0 radical (unpaired) electrons. The molecule has 2 aliphatic rings. The van der Waals surface area contributed by atoms with Gasteiger partial charge in [-0.3, -0.25) is 0 Å². The quantitative estimate of drug-likeness (QED) is 0.731. The maximum atomic E-state index is 10.0. The number of para-hydroxylation sites is 1. The third-order valence-corrected chi connectivity index (χ3v) is 2.79. The lowest BCUT2D eigenvalue weighted by Gasteiger charge is -2.22. The molecule has 0 spiro atoms. The van der Waals surface area contributed by atoms with Gasteiger partial charge in [-0.05, 0) is 18.9 Å². The van der Waals surface area contributed by atoms with E-state index in [2.05, 4.69) is 0 Å². The molecule has 0 aromatic heterocycles. The van der Waals surface area contributed by atoms with E-state index in [1.165, 1.54) is 0 Å². The van der Waals surface area contributed by atoms with Gasteiger partial charge in [-0.1, -0.05) is 12.1 Å². The first-order valence-corrected chi connectivity index (χ1v) is 4.91. The smallest absolute Gasteiger partial charge is 0.167 e. The summed E-state index contributed by atoms with van der Waals surface area (Å²) in [6.07, 6.45) is 1.65. The summed E-state index contributed by atoms with van der Waals surface area (Å²) in [5.74, 6) is 1.49. The molecule has 1 N–H and O–H groups in total. The molecule has 1 aliphatic heterocycles. The van der Waals surface area contributed by atoms with Crippen molar-refractivity contribution >= 4 is 0 Å². The van der Waals surface area contributed by atoms with E-state index < -0.39 is 5.60 Å². The number of ether oxygens (including phenoxy) is 2. The highest BCUT2D eigenvalue weighted by Gasteiger charge is 2.45. The highest BCUT2D eigenvalue weighted by atomic mass is 16.6. The molecule has 1 aromatic carbocycles. The van der Waals surface area contributed by atoms with E-state index in [-0.39, 0.29) is 0 Å². The lowest BCUT2D eigenvalue weighted by atomic mass is 10.1. The Morgan fingerprint density at radius 2 is 1.93 bits per heavy atom. The monoisotopic (exact) mass is 192 g/mol. The number of rotatable bonds is 1. The number of fused-ring (bicyclic) bond motifs is 1. The Hall–Kier alpha value is -1.22. The first kappa shape index (κ1) is 8.12. The van der Waals surface area contributed by atoms with Gasteiger partial charge in [0.2, 0.25) is 0 Å². The summed E-state index contributed by atoms with van der Waals surface area (Å²) in [4.78, 5) is 0. The Balaban J connectivity index is 2.11. The Morgan fingerprint density at radius 1 is 1.14 bits per heavy atom. The predicted molar refractivity (Wildman–Crippen MR) is 50.6 cm³/mol. The van der Waals surface area contributed by atoms with Gasteiger partial charge in [0.1, 0.15) is 13.2 Å². The van der Waals surface area contributed by atoms with Gasteiger partial charge in [-0.2, -0.15) is 0 Å². The second kappa shape index (κ2) is 2.64. The molecule has 1 heterocycles. The average molecular weight is 192 g/mol. The van der Waals surface area contributed by atoms with Crippen LogP contribution in [0.25, 0.3) is 0 Å². The van der Waals surface area contributed by atoms with E-state index in [1.807, 2.05) is 18.2 Å². The van der Waals surface area contributed by atoms with Crippen molar-refractivity contribution in [3.8, 4) is 11.5 Å². The molecular formula is C11H12O3. The fraction of sp³-hybridized carbons (Fsp3) is 0.455. The molecule has 1 aliphatic carbocycles. The zero-order valence-electron chi connectivity index (χ0n) is 7.82. The van der Waals surface area contributed by atoms with Gasteiger partial charge in [-0.15, -0.1) is 0 Å². The summed E-state index contributed by atoms with van der Waals surface area (Å²) in [5, 5.41) is 10.0. The van der Waals surface area contributed by atoms with Crippen LogP contribution in [-0.2, 0) is 5.60 Å². The van der Waals surface area contributed by atoms with Gasteiger partial charge in [0.05, 0.1) is 5.60 Å². The van der Waals surface area contributed by atoms with Crippen LogP contribution in [0.2, 0.25) is 0 Å². The largest absolute Gasteiger partial charge is 0.486 e. The maximum absolute atomic E-state index is 10.0. The number of benzene rings is 1. The molecule has 3 rings (SSSR count). The van der Waals surface area contributed by atoms with E-state index >= 15 is 0 Å². The summed E-state index contributed by atoms with van der Waals surface area (Å²) in [5.41, 5.74) is 0.237. The summed E-state index contributed by atoms with van der Waals surface area (Å²) in [6.45, 7) is 1.16. The van der Waals surface area contributed by atoms with Crippen molar-refractivity contribution in [2.45, 2.75) is 18.4 Å². The fourth-order valence-corrected chi connectivity index (χ4v) is 1.83. The molecule has 1 saturated carbocycles. The van der Waals surface area contributed by atoms with Crippen LogP contribution in [0.15, 0.2) is 18.2 Å². The third kappa shape index (κ3) is 1.09. The zero-order valence-corrected chi connectivity index (χ0v) is 7.82. The van der Waals surface area contributed by atoms with Crippen LogP contribution in [-0.4, -0.2) is 18.3 Å². The normalized spacial score (nSPS) is 21.8. The third-order valence-electron chi connectivity index (χ3n) is 2.79. The Labute approximate surface area is 82.3 Å². The standard InChI is InChI=1S/C11H12O3/c12-11(4-5-11)8-2-1-3-9-10(8)14-7-6-13-9/h1-3,12H,4-7H2. The van der Waals surface area contributed by atoms with E-state index in [0.717, 1.165) is 29.9 Å². The molecule has 14 heavy (non-hydrogen) atoms. The van der Waals surface area contributed by atoms with Crippen molar-refractivity contribution in [3.05, 3.63) is 23.8 Å². The molecule has 74 valence electrons. The predicted octanol–water partition coefficient (Wildman–Crippen LogP) is 1.44. The van der Waals surface area contributed by atoms with Gasteiger partial charge in [0.15, 0.2) is 11.5 Å². The Kier molecular flexibility index (Phi) is 1.53. The van der Waals surface area contributed by atoms with Crippen molar-refractivity contribution in [3.63, 3.8) is 0 Å². The summed E-state index contributed by atoms with van der Waals surface area (Å²) in [7, 11) is 0. The topological polar surface area (TPSA) is 38.7 Å². The van der Waals surface area contributed by atoms with Crippen molar-refractivity contribution in [1.29, 1.82) is 0 Å². The first-order valence-electron chi connectivity index (χ1n) is 4.91. The minimum absolute atomic E-state index is 0.570. The van der Waals surface area contributed by atoms with Crippen LogP contribution >= 0.6 is 0 Å². The Bertz CT molecular complexity index is 369.